The number of anilines is 1. The summed E-state index contributed by atoms with van der Waals surface area (Å²) in [5.74, 6) is 1.84. The fourth-order valence-electron chi connectivity index (χ4n) is 3.30. The number of ether oxygens (including phenoxy) is 1. The van der Waals surface area contributed by atoms with Crippen LogP contribution in [0.3, 0.4) is 0 Å². The molecule has 6 nitrogen and oxygen atoms in total. The van der Waals surface area contributed by atoms with Crippen molar-refractivity contribution in [2.75, 3.05) is 44.2 Å². The Hall–Kier alpha value is -2.76. The second-order valence-electron chi connectivity index (χ2n) is 8.37. The normalized spacial score (nSPS) is 14.6. The van der Waals surface area contributed by atoms with Crippen molar-refractivity contribution in [2.24, 2.45) is 0 Å². The summed E-state index contributed by atoms with van der Waals surface area (Å²) in [4.78, 5) is 20.8. The lowest BCUT2D eigenvalue weighted by Gasteiger charge is -2.35. The lowest BCUT2D eigenvalue weighted by atomic mass is 9.87. The van der Waals surface area contributed by atoms with Gasteiger partial charge in [-0.05, 0) is 41.7 Å². The van der Waals surface area contributed by atoms with Crippen molar-refractivity contribution in [3.63, 3.8) is 0 Å². The highest BCUT2D eigenvalue weighted by atomic mass is 16.5. The molecule has 0 atom stereocenters. The quantitative estimate of drug-likeness (QED) is 0.757. The van der Waals surface area contributed by atoms with Crippen LogP contribution >= 0.6 is 0 Å². The molecule has 0 unspecified atom stereocenters. The first-order valence-electron chi connectivity index (χ1n) is 10.4. The zero-order valence-electron chi connectivity index (χ0n) is 17.7. The summed E-state index contributed by atoms with van der Waals surface area (Å²) in [6, 6.07) is 14.2. The van der Waals surface area contributed by atoms with Crippen LogP contribution in [0.15, 0.2) is 48.7 Å². The van der Waals surface area contributed by atoms with E-state index in [-0.39, 0.29) is 11.4 Å². The second-order valence-corrected chi connectivity index (χ2v) is 8.37. The number of carbonyl (C=O) groups excluding carboxylic acids is 1. The van der Waals surface area contributed by atoms with E-state index in [1.807, 2.05) is 35.2 Å². The van der Waals surface area contributed by atoms with Gasteiger partial charge < -0.3 is 19.9 Å². The van der Waals surface area contributed by atoms with Crippen LogP contribution in [-0.4, -0.2) is 55.2 Å². The molecule has 0 spiro atoms. The Morgan fingerprint density at radius 2 is 1.79 bits per heavy atom. The zero-order chi connectivity index (χ0) is 20.7. The first-order valence-corrected chi connectivity index (χ1v) is 10.4. The number of amides is 2. The minimum absolute atomic E-state index is 0.000186. The van der Waals surface area contributed by atoms with Gasteiger partial charge in [0.15, 0.2) is 0 Å². The highest BCUT2D eigenvalue weighted by molar-refractivity contribution is 5.74. The van der Waals surface area contributed by atoms with E-state index < -0.39 is 0 Å². The molecular formula is C23H32N4O2. The van der Waals surface area contributed by atoms with Gasteiger partial charge in [0.25, 0.3) is 0 Å². The molecule has 1 aromatic carbocycles. The van der Waals surface area contributed by atoms with Gasteiger partial charge in [-0.25, -0.2) is 9.78 Å². The molecule has 0 bridgehead atoms. The van der Waals surface area contributed by atoms with Gasteiger partial charge in [-0.1, -0.05) is 39.0 Å². The smallest absolute Gasteiger partial charge is 0.317 e. The number of nitrogens with zero attached hydrogens (tertiary/aromatic N) is 3. The maximum Gasteiger partial charge on any atom is 0.317 e. The van der Waals surface area contributed by atoms with Crippen molar-refractivity contribution in [2.45, 2.75) is 32.6 Å². The zero-order valence-corrected chi connectivity index (χ0v) is 17.7. The average Bonchev–Trinajstić information content (AvgIpc) is 2.74. The van der Waals surface area contributed by atoms with E-state index in [0.717, 1.165) is 31.1 Å². The summed E-state index contributed by atoms with van der Waals surface area (Å²) in [5, 5.41) is 3.00. The van der Waals surface area contributed by atoms with E-state index in [1.54, 1.807) is 6.20 Å². The van der Waals surface area contributed by atoms with Crippen LogP contribution in [0.25, 0.3) is 0 Å². The van der Waals surface area contributed by atoms with E-state index in [4.69, 9.17) is 4.74 Å². The van der Waals surface area contributed by atoms with Crippen LogP contribution in [0.2, 0.25) is 0 Å². The molecule has 0 saturated carbocycles. The lowest BCUT2D eigenvalue weighted by molar-refractivity contribution is 0.193. The Kier molecular flexibility index (Phi) is 6.96. The minimum Gasteiger partial charge on any atom is -0.494 e. The summed E-state index contributed by atoms with van der Waals surface area (Å²) in [5.41, 5.74) is 1.44. The SMILES string of the molecule is CC(C)(C)c1ccc(OCCCNC(=O)N2CCN(c3ccccn3)CC2)cc1. The monoisotopic (exact) mass is 396 g/mol. The van der Waals surface area contributed by atoms with Crippen molar-refractivity contribution in [1.82, 2.24) is 15.2 Å². The maximum absolute atomic E-state index is 12.3. The van der Waals surface area contributed by atoms with E-state index >= 15 is 0 Å². The summed E-state index contributed by atoms with van der Waals surface area (Å²) >= 11 is 0. The fraction of sp³-hybridized carbons (Fsp3) is 0.478. The largest absolute Gasteiger partial charge is 0.494 e. The van der Waals surface area contributed by atoms with E-state index in [1.165, 1.54) is 5.56 Å². The number of carbonyl (C=O) groups is 1. The van der Waals surface area contributed by atoms with Gasteiger partial charge >= 0.3 is 6.03 Å². The molecule has 1 fully saturated rings. The van der Waals surface area contributed by atoms with Crippen LogP contribution in [0.5, 0.6) is 5.75 Å². The van der Waals surface area contributed by atoms with Crippen LogP contribution < -0.4 is 15.0 Å². The average molecular weight is 397 g/mol. The molecule has 3 rings (SSSR count). The third kappa shape index (κ3) is 6.11. The number of aromatic nitrogens is 1. The van der Waals surface area contributed by atoms with Gasteiger partial charge in [0, 0.05) is 38.9 Å². The van der Waals surface area contributed by atoms with Crippen molar-refractivity contribution in [3.8, 4) is 5.75 Å². The predicted octanol–water partition coefficient (Wildman–Crippen LogP) is 3.68. The Morgan fingerprint density at radius 3 is 2.41 bits per heavy atom. The number of rotatable bonds is 6. The Morgan fingerprint density at radius 1 is 1.07 bits per heavy atom. The summed E-state index contributed by atoms with van der Waals surface area (Å²) in [6.45, 7) is 10.8. The Bertz CT molecular complexity index is 764. The molecule has 156 valence electrons. The standard InChI is InChI=1S/C23H32N4O2/c1-23(2,3)19-8-10-20(11-9-19)29-18-6-13-25-22(28)27-16-14-26(15-17-27)21-7-4-5-12-24-21/h4-5,7-12H,6,13-18H2,1-3H3,(H,25,28). The van der Waals surface area contributed by atoms with Gasteiger partial charge in [-0.15, -0.1) is 0 Å². The number of hydrogen-bond donors (Lipinski definition) is 1. The molecule has 1 aliphatic rings. The van der Waals surface area contributed by atoms with Crippen LogP contribution in [0.1, 0.15) is 32.8 Å². The number of benzene rings is 1. The lowest BCUT2D eigenvalue weighted by Crippen LogP contribution is -2.52. The number of pyridine rings is 1. The molecule has 2 amide bonds. The molecule has 1 N–H and O–H groups in total. The molecule has 0 radical (unpaired) electrons. The van der Waals surface area contributed by atoms with Gasteiger partial charge in [0.1, 0.15) is 11.6 Å². The molecule has 0 aliphatic carbocycles. The number of piperazine rings is 1. The van der Waals surface area contributed by atoms with Gasteiger partial charge in [0.05, 0.1) is 6.61 Å². The third-order valence-electron chi connectivity index (χ3n) is 5.13. The molecule has 2 aromatic rings. The molecule has 1 aromatic heterocycles. The number of urea groups is 1. The van der Waals surface area contributed by atoms with E-state index in [2.05, 4.69) is 48.1 Å². The number of hydrogen-bond acceptors (Lipinski definition) is 4. The highest BCUT2D eigenvalue weighted by Crippen LogP contribution is 2.24. The van der Waals surface area contributed by atoms with Crippen LogP contribution in [0, 0.1) is 0 Å². The Labute approximate surface area is 173 Å². The highest BCUT2D eigenvalue weighted by Gasteiger charge is 2.21. The van der Waals surface area contributed by atoms with Gasteiger partial charge in [-0.3, -0.25) is 0 Å². The van der Waals surface area contributed by atoms with Crippen molar-refractivity contribution >= 4 is 11.8 Å². The first-order chi connectivity index (χ1) is 13.9. The third-order valence-corrected chi connectivity index (χ3v) is 5.13. The second kappa shape index (κ2) is 9.63. The van der Waals surface area contributed by atoms with Crippen molar-refractivity contribution in [1.29, 1.82) is 0 Å². The minimum atomic E-state index is 0.000186. The molecule has 29 heavy (non-hydrogen) atoms. The van der Waals surface area contributed by atoms with E-state index in [9.17, 15) is 4.79 Å². The topological polar surface area (TPSA) is 57.7 Å². The first kappa shape index (κ1) is 21.0. The maximum atomic E-state index is 12.3. The molecule has 2 heterocycles. The van der Waals surface area contributed by atoms with E-state index in [0.29, 0.717) is 26.2 Å². The summed E-state index contributed by atoms with van der Waals surface area (Å²) < 4.78 is 5.79. The molecule has 6 heteroatoms. The molecule has 1 aliphatic heterocycles. The van der Waals surface area contributed by atoms with Gasteiger partial charge in [-0.2, -0.15) is 0 Å². The fourth-order valence-corrected chi connectivity index (χ4v) is 3.30. The predicted molar refractivity (Wildman–Crippen MR) is 117 cm³/mol. The summed E-state index contributed by atoms with van der Waals surface area (Å²) in [6.07, 6.45) is 2.58. The van der Waals surface area contributed by atoms with Gasteiger partial charge in [0.2, 0.25) is 0 Å². The molecular weight excluding hydrogens is 364 g/mol. The van der Waals surface area contributed by atoms with Crippen LogP contribution in [0.4, 0.5) is 10.6 Å². The molecule has 1 saturated heterocycles. The van der Waals surface area contributed by atoms with Crippen LogP contribution in [-0.2, 0) is 5.41 Å². The number of nitrogens with one attached hydrogen (secondary N) is 1. The summed E-state index contributed by atoms with van der Waals surface area (Å²) in [7, 11) is 0. The van der Waals surface area contributed by atoms with Crippen molar-refractivity contribution in [3.05, 3.63) is 54.2 Å². The van der Waals surface area contributed by atoms with Crippen molar-refractivity contribution < 1.29 is 9.53 Å². The Balaban J connectivity index is 1.31.